The molecule has 3 rings (SSSR count). The van der Waals surface area contributed by atoms with Crippen LogP contribution in [0, 0.1) is 0 Å². The maximum atomic E-state index is 12.7. The molecule has 0 spiro atoms. The van der Waals surface area contributed by atoms with Crippen molar-refractivity contribution in [2.45, 2.75) is 39.0 Å². The van der Waals surface area contributed by atoms with E-state index < -0.39 is 11.9 Å². The van der Waals surface area contributed by atoms with Crippen LogP contribution in [-0.4, -0.2) is 31.1 Å². The maximum absolute atomic E-state index is 12.7. The summed E-state index contributed by atoms with van der Waals surface area (Å²) in [5.41, 5.74) is 2.87. The number of aliphatic imine (C=N–C) groups is 1. The minimum absolute atomic E-state index is 0.196. The van der Waals surface area contributed by atoms with E-state index in [0.29, 0.717) is 24.1 Å². The van der Waals surface area contributed by atoms with Crippen molar-refractivity contribution in [1.82, 2.24) is 15.6 Å². The summed E-state index contributed by atoms with van der Waals surface area (Å²) < 4.78 is 38.0. The highest BCUT2D eigenvalue weighted by molar-refractivity contribution is 7.09. The number of guanidine groups is 1. The molecule has 0 amide bonds. The first-order valence-corrected chi connectivity index (χ1v) is 10.1. The molecular weight excluding hydrogens is 387 g/mol. The summed E-state index contributed by atoms with van der Waals surface area (Å²) in [6.07, 6.45) is -2.19. The summed E-state index contributed by atoms with van der Waals surface area (Å²) in [5.74, 6) is 0.557. The zero-order valence-corrected chi connectivity index (χ0v) is 16.8. The Labute approximate surface area is 166 Å². The first-order chi connectivity index (χ1) is 13.4. The van der Waals surface area contributed by atoms with E-state index in [2.05, 4.69) is 50.8 Å². The van der Waals surface area contributed by atoms with E-state index in [4.69, 9.17) is 0 Å². The molecule has 5 nitrogen and oxygen atoms in total. The number of nitrogens with one attached hydrogen (secondary N) is 2. The van der Waals surface area contributed by atoms with Gasteiger partial charge in [-0.05, 0) is 37.0 Å². The minimum atomic E-state index is -4.41. The Kier molecular flexibility index (Phi) is 6.43. The third kappa shape index (κ3) is 5.15. The highest BCUT2D eigenvalue weighted by Crippen LogP contribution is 2.30. The number of aromatic nitrogens is 1. The van der Waals surface area contributed by atoms with E-state index in [9.17, 15) is 13.2 Å². The number of fused-ring (bicyclic) bond motifs is 1. The predicted octanol–water partition coefficient (Wildman–Crippen LogP) is 3.80. The van der Waals surface area contributed by atoms with Gasteiger partial charge in [-0.2, -0.15) is 13.2 Å². The van der Waals surface area contributed by atoms with Gasteiger partial charge in [0.05, 0.1) is 13.1 Å². The second kappa shape index (κ2) is 8.81. The zero-order valence-electron chi connectivity index (χ0n) is 15.9. The lowest BCUT2D eigenvalue weighted by atomic mass is 10.00. The Hall–Kier alpha value is -2.29. The van der Waals surface area contributed by atoms with Crippen molar-refractivity contribution >= 4 is 23.0 Å². The van der Waals surface area contributed by atoms with Gasteiger partial charge >= 0.3 is 6.18 Å². The third-order valence-corrected chi connectivity index (χ3v) is 5.36. The van der Waals surface area contributed by atoms with Gasteiger partial charge in [-0.25, -0.2) is 9.98 Å². The lowest BCUT2D eigenvalue weighted by Crippen LogP contribution is -2.36. The van der Waals surface area contributed by atoms with Crippen molar-refractivity contribution in [2.75, 3.05) is 25.0 Å². The number of anilines is 1. The minimum Gasteiger partial charge on any atom is -0.374 e. The largest absolute Gasteiger partial charge is 0.434 e. The smallest absolute Gasteiger partial charge is 0.374 e. The molecule has 0 atom stereocenters. The second-order valence-corrected chi connectivity index (χ2v) is 7.60. The van der Waals surface area contributed by atoms with E-state index in [0.717, 1.165) is 41.7 Å². The van der Waals surface area contributed by atoms with Gasteiger partial charge in [0, 0.05) is 31.2 Å². The van der Waals surface area contributed by atoms with E-state index in [1.165, 1.54) is 11.3 Å². The first-order valence-electron chi connectivity index (χ1n) is 9.23. The first kappa shape index (κ1) is 20.4. The van der Waals surface area contributed by atoms with E-state index >= 15 is 0 Å². The average Bonchev–Trinajstić information content (AvgIpc) is 3.14. The monoisotopic (exact) mass is 411 g/mol. The molecule has 1 aliphatic rings. The number of aryl methyl sites for hydroxylation is 1. The van der Waals surface area contributed by atoms with Crippen LogP contribution >= 0.6 is 11.3 Å². The molecule has 28 heavy (non-hydrogen) atoms. The number of halogens is 3. The summed E-state index contributed by atoms with van der Waals surface area (Å²) in [7, 11) is 2.10. The van der Waals surface area contributed by atoms with Crippen molar-refractivity contribution in [1.29, 1.82) is 0 Å². The Morgan fingerprint density at radius 3 is 2.86 bits per heavy atom. The van der Waals surface area contributed by atoms with Gasteiger partial charge in [0.1, 0.15) is 5.01 Å². The van der Waals surface area contributed by atoms with Crippen LogP contribution in [0.15, 0.2) is 28.6 Å². The molecule has 0 saturated heterocycles. The number of thiazole rings is 1. The summed E-state index contributed by atoms with van der Waals surface area (Å²) in [4.78, 5) is 10.5. The normalized spacial score (nSPS) is 14.8. The third-order valence-electron chi connectivity index (χ3n) is 4.51. The van der Waals surface area contributed by atoms with Crippen LogP contribution in [0.4, 0.5) is 18.9 Å². The number of hydrogen-bond acceptors (Lipinski definition) is 4. The van der Waals surface area contributed by atoms with Crippen molar-refractivity contribution in [3.8, 4) is 0 Å². The highest BCUT2D eigenvalue weighted by atomic mass is 32.1. The van der Waals surface area contributed by atoms with Crippen LogP contribution in [-0.2, 0) is 25.7 Å². The van der Waals surface area contributed by atoms with Crippen molar-refractivity contribution < 1.29 is 13.2 Å². The molecule has 152 valence electrons. The molecule has 0 saturated carbocycles. The fourth-order valence-corrected chi connectivity index (χ4v) is 3.87. The molecule has 0 aliphatic carbocycles. The summed E-state index contributed by atoms with van der Waals surface area (Å²) in [6.45, 7) is 4.37. The maximum Gasteiger partial charge on any atom is 0.434 e. The lowest BCUT2D eigenvalue weighted by molar-refractivity contribution is -0.140. The van der Waals surface area contributed by atoms with Gasteiger partial charge in [-0.15, -0.1) is 11.3 Å². The topological polar surface area (TPSA) is 52.6 Å². The van der Waals surface area contributed by atoms with Gasteiger partial charge in [0.2, 0.25) is 0 Å². The highest BCUT2D eigenvalue weighted by Gasteiger charge is 2.33. The van der Waals surface area contributed by atoms with Gasteiger partial charge in [0.25, 0.3) is 0 Å². The van der Waals surface area contributed by atoms with Crippen LogP contribution in [0.5, 0.6) is 0 Å². The molecule has 2 N–H and O–H groups in total. The van der Waals surface area contributed by atoms with Crippen LogP contribution in [0.2, 0.25) is 0 Å². The zero-order chi connectivity index (χ0) is 20.1. The van der Waals surface area contributed by atoms with Crippen molar-refractivity contribution in [3.05, 3.63) is 45.4 Å². The summed E-state index contributed by atoms with van der Waals surface area (Å²) in [6, 6.07) is 6.40. The van der Waals surface area contributed by atoms with Crippen molar-refractivity contribution in [2.24, 2.45) is 4.99 Å². The Morgan fingerprint density at radius 2 is 2.14 bits per heavy atom. The molecule has 0 unspecified atom stereocenters. The fraction of sp³-hybridized carbons (Fsp3) is 0.474. The van der Waals surface area contributed by atoms with Gasteiger partial charge in [0.15, 0.2) is 11.7 Å². The Bertz CT molecular complexity index is 831. The quantitative estimate of drug-likeness (QED) is 0.581. The summed E-state index contributed by atoms with van der Waals surface area (Å²) in [5, 5.41) is 7.57. The summed E-state index contributed by atoms with van der Waals surface area (Å²) >= 11 is 0.986. The van der Waals surface area contributed by atoms with Crippen LogP contribution in [0.3, 0.4) is 0 Å². The molecule has 1 aliphatic heterocycles. The number of rotatable bonds is 5. The van der Waals surface area contributed by atoms with Crippen molar-refractivity contribution in [3.63, 3.8) is 0 Å². The number of nitrogens with zero attached hydrogens (tertiary/aromatic N) is 3. The van der Waals surface area contributed by atoms with E-state index in [1.807, 2.05) is 6.92 Å². The SMILES string of the molecule is CCNC(=NCc1ccc2c(c1)CCCN2C)NCc1nc(C(F)(F)F)cs1. The Balaban J connectivity index is 1.63. The second-order valence-electron chi connectivity index (χ2n) is 6.66. The predicted molar refractivity (Wildman–Crippen MR) is 107 cm³/mol. The molecule has 0 radical (unpaired) electrons. The van der Waals surface area contributed by atoms with E-state index in [1.54, 1.807) is 0 Å². The van der Waals surface area contributed by atoms with Gasteiger partial charge in [-0.1, -0.05) is 12.1 Å². The van der Waals surface area contributed by atoms with Crippen LogP contribution < -0.4 is 15.5 Å². The number of alkyl halides is 3. The molecule has 9 heteroatoms. The molecule has 1 aromatic carbocycles. The molecule has 2 heterocycles. The van der Waals surface area contributed by atoms with Gasteiger partial charge in [-0.3, -0.25) is 0 Å². The Morgan fingerprint density at radius 1 is 1.32 bits per heavy atom. The van der Waals surface area contributed by atoms with E-state index in [-0.39, 0.29) is 6.54 Å². The van der Waals surface area contributed by atoms with Gasteiger partial charge < -0.3 is 15.5 Å². The molecule has 2 aromatic rings. The van der Waals surface area contributed by atoms with Crippen LogP contribution in [0.1, 0.15) is 35.2 Å². The number of benzene rings is 1. The lowest BCUT2D eigenvalue weighted by Gasteiger charge is -2.27. The standard InChI is InChI=1S/C19H24F3N5S/c1-3-23-18(25-11-17-26-16(12-28-17)19(20,21)22)24-10-13-6-7-15-14(9-13)5-4-8-27(15)2/h6-7,9,12H,3-5,8,10-11H2,1-2H3,(H2,23,24,25). The molecule has 0 fully saturated rings. The molecule has 0 bridgehead atoms. The average molecular weight is 411 g/mol. The fourth-order valence-electron chi connectivity index (χ4n) is 3.13. The molecule has 1 aromatic heterocycles. The number of hydrogen-bond donors (Lipinski definition) is 2. The van der Waals surface area contributed by atoms with Crippen LogP contribution in [0.25, 0.3) is 0 Å². The molecular formula is C19H24F3N5S.